The monoisotopic (exact) mass is 261 g/mol. The summed E-state index contributed by atoms with van der Waals surface area (Å²) in [6.45, 7) is 8.17. The van der Waals surface area contributed by atoms with E-state index in [1.54, 1.807) is 6.92 Å². The van der Waals surface area contributed by atoms with Crippen molar-refractivity contribution in [3.8, 4) is 0 Å². The van der Waals surface area contributed by atoms with E-state index in [1.807, 2.05) is 6.92 Å². The molecular weight excluding hydrogens is 234 g/mol. The number of hydrogen-bond acceptors (Lipinski definition) is 3. The predicted octanol–water partition coefficient (Wildman–Crippen LogP) is 3.99. The summed E-state index contributed by atoms with van der Waals surface area (Å²) < 4.78 is 0. The molecule has 0 aliphatic heterocycles. The second-order valence-corrected chi connectivity index (χ2v) is 4.71. The summed E-state index contributed by atoms with van der Waals surface area (Å²) in [7, 11) is 0. The fraction of sp³-hybridized carbons (Fsp3) is 0.923. The topological polar surface area (TPSA) is 59.0 Å². The smallest absolute Gasteiger partial charge is 0.457 e. The quantitative estimate of drug-likeness (QED) is 0.604. The van der Waals surface area contributed by atoms with Gasteiger partial charge < -0.3 is 5.11 Å². The first-order valence-corrected chi connectivity index (χ1v) is 6.84. The molecule has 0 heterocycles. The highest BCUT2D eigenvalue weighted by atomic mass is 17.0. The number of carboxylic acid groups (broad SMARTS) is 1. The Morgan fingerprint density at radius 3 is 2.00 bits per heavy atom. The summed E-state index contributed by atoms with van der Waals surface area (Å²) in [5, 5.41) is 9.60. The molecule has 1 N–H and O–H groups in total. The largest absolute Gasteiger partial charge is 0.462 e. The number of rotatable bonds is 10. The maximum Gasteiger partial charge on any atom is 0.457 e. The van der Waals surface area contributed by atoms with Crippen LogP contribution >= 0.6 is 0 Å². The average molecular weight is 261 g/mol. The summed E-state index contributed by atoms with van der Waals surface area (Å²) >= 11 is 0. The molecule has 18 heavy (non-hydrogen) atoms. The predicted molar refractivity (Wildman–Crippen MR) is 70.0 cm³/mol. The zero-order valence-corrected chi connectivity index (χ0v) is 12.1. The highest BCUT2D eigenvalue weighted by Gasteiger charge is 2.30. The van der Waals surface area contributed by atoms with Crippen LogP contribution in [-0.4, -0.2) is 28.6 Å². The number of unbranched alkanes of at least 4 members (excludes halogenated alkanes) is 2. The van der Waals surface area contributed by atoms with Crippen LogP contribution in [0.4, 0.5) is 4.79 Å². The number of hydroxylamine groups is 2. The van der Waals surface area contributed by atoms with Gasteiger partial charge in [-0.2, -0.15) is 0 Å². The van der Waals surface area contributed by atoms with E-state index in [4.69, 9.17) is 14.8 Å². The molecule has 0 radical (unpaired) electrons. The van der Waals surface area contributed by atoms with Gasteiger partial charge in [-0.25, -0.2) is 14.5 Å². The van der Waals surface area contributed by atoms with Crippen LogP contribution in [0.1, 0.15) is 66.2 Å². The van der Waals surface area contributed by atoms with Crippen molar-refractivity contribution in [2.24, 2.45) is 0 Å². The Kier molecular flexibility index (Phi) is 8.75. The van der Waals surface area contributed by atoms with Crippen LogP contribution in [0.3, 0.4) is 0 Å². The fourth-order valence-electron chi connectivity index (χ4n) is 1.76. The van der Waals surface area contributed by atoms with Crippen molar-refractivity contribution in [2.45, 2.75) is 71.8 Å². The minimum atomic E-state index is -1.21. The Hall–Kier alpha value is -0.810. The molecule has 0 aromatic rings. The van der Waals surface area contributed by atoms with Gasteiger partial charge in [-0.15, -0.1) is 0 Å². The standard InChI is InChI=1S/C13H27NO4/c1-5-8-10-13(4,11-9-6-2)18-14(12(15)16)17-7-3/h5-11H2,1-4H3,(H,15,16). The molecule has 0 spiro atoms. The van der Waals surface area contributed by atoms with E-state index in [9.17, 15) is 4.79 Å². The van der Waals surface area contributed by atoms with Crippen molar-refractivity contribution in [1.82, 2.24) is 5.23 Å². The summed E-state index contributed by atoms with van der Waals surface area (Å²) in [6, 6.07) is 0. The van der Waals surface area contributed by atoms with Crippen LogP contribution in [-0.2, 0) is 9.68 Å². The highest BCUT2D eigenvalue weighted by molar-refractivity contribution is 5.62. The van der Waals surface area contributed by atoms with Crippen LogP contribution < -0.4 is 0 Å². The number of nitrogens with zero attached hydrogens (tertiary/aromatic N) is 1. The average Bonchev–Trinajstić information content (AvgIpc) is 2.33. The second-order valence-electron chi connectivity index (χ2n) is 4.71. The van der Waals surface area contributed by atoms with Gasteiger partial charge in [0.15, 0.2) is 0 Å². The maximum atomic E-state index is 11.0. The first kappa shape index (κ1) is 17.2. The van der Waals surface area contributed by atoms with E-state index in [2.05, 4.69) is 13.8 Å². The lowest BCUT2D eigenvalue weighted by Crippen LogP contribution is -2.41. The van der Waals surface area contributed by atoms with E-state index in [0.717, 1.165) is 38.5 Å². The summed E-state index contributed by atoms with van der Waals surface area (Å²) in [5.74, 6) is 0. The molecule has 0 rings (SSSR count). The molecule has 0 aliphatic carbocycles. The van der Waals surface area contributed by atoms with Crippen LogP contribution in [0.15, 0.2) is 0 Å². The Balaban J connectivity index is 4.55. The van der Waals surface area contributed by atoms with Gasteiger partial charge >= 0.3 is 6.09 Å². The van der Waals surface area contributed by atoms with Gasteiger partial charge in [-0.3, -0.25) is 0 Å². The molecular formula is C13H27NO4. The van der Waals surface area contributed by atoms with Crippen LogP contribution in [0.25, 0.3) is 0 Å². The molecule has 0 aromatic carbocycles. The molecule has 0 saturated carbocycles. The molecule has 0 saturated heterocycles. The molecule has 0 fully saturated rings. The maximum absolute atomic E-state index is 11.0. The van der Waals surface area contributed by atoms with Crippen LogP contribution in [0.2, 0.25) is 0 Å². The Morgan fingerprint density at radius 2 is 1.67 bits per heavy atom. The molecule has 0 aliphatic rings. The van der Waals surface area contributed by atoms with Crippen molar-refractivity contribution in [1.29, 1.82) is 0 Å². The third kappa shape index (κ3) is 6.81. The van der Waals surface area contributed by atoms with Gasteiger partial charge in [-0.1, -0.05) is 39.5 Å². The van der Waals surface area contributed by atoms with Crippen molar-refractivity contribution in [2.75, 3.05) is 6.61 Å². The third-order valence-electron chi connectivity index (χ3n) is 2.82. The van der Waals surface area contributed by atoms with Gasteiger partial charge in [0.05, 0.1) is 12.2 Å². The Labute approximate surface area is 110 Å². The van der Waals surface area contributed by atoms with Gasteiger partial charge in [0.25, 0.3) is 0 Å². The molecule has 0 bridgehead atoms. The van der Waals surface area contributed by atoms with Crippen molar-refractivity contribution >= 4 is 6.09 Å². The number of carbonyl (C=O) groups is 1. The molecule has 5 heteroatoms. The van der Waals surface area contributed by atoms with Crippen molar-refractivity contribution in [3.63, 3.8) is 0 Å². The molecule has 0 aromatic heterocycles. The van der Waals surface area contributed by atoms with Crippen molar-refractivity contribution < 1.29 is 19.6 Å². The van der Waals surface area contributed by atoms with E-state index in [0.29, 0.717) is 5.23 Å². The summed E-state index contributed by atoms with van der Waals surface area (Å²) in [4.78, 5) is 21.5. The van der Waals surface area contributed by atoms with Gasteiger partial charge in [-0.05, 0) is 31.9 Å². The Bertz CT molecular complexity index is 225. The number of amides is 1. The van der Waals surface area contributed by atoms with E-state index in [1.165, 1.54) is 0 Å². The lowest BCUT2D eigenvalue weighted by atomic mass is 9.93. The van der Waals surface area contributed by atoms with E-state index >= 15 is 0 Å². The minimum absolute atomic E-state index is 0.268. The van der Waals surface area contributed by atoms with Crippen molar-refractivity contribution in [3.05, 3.63) is 0 Å². The molecule has 1 amide bonds. The van der Waals surface area contributed by atoms with E-state index < -0.39 is 11.7 Å². The molecule has 0 unspecified atom stereocenters. The third-order valence-corrected chi connectivity index (χ3v) is 2.82. The van der Waals surface area contributed by atoms with E-state index in [-0.39, 0.29) is 6.61 Å². The van der Waals surface area contributed by atoms with Gasteiger partial charge in [0.1, 0.15) is 0 Å². The molecule has 0 atom stereocenters. The lowest BCUT2D eigenvalue weighted by Gasteiger charge is -2.32. The van der Waals surface area contributed by atoms with Crippen LogP contribution in [0, 0.1) is 0 Å². The highest BCUT2D eigenvalue weighted by Crippen LogP contribution is 2.26. The van der Waals surface area contributed by atoms with Gasteiger partial charge in [0, 0.05) is 0 Å². The lowest BCUT2D eigenvalue weighted by molar-refractivity contribution is -0.376. The zero-order valence-electron chi connectivity index (χ0n) is 12.1. The first-order chi connectivity index (χ1) is 8.49. The first-order valence-electron chi connectivity index (χ1n) is 6.84. The second kappa shape index (κ2) is 9.16. The van der Waals surface area contributed by atoms with Crippen LogP contribution in [0.5, 0.6) is 0 Å². The molecule has 108 valence electrons. The summed E-state index contributed by atoms with van der Waals surface area (Å²) in [6.07, 6.45) is 4.61. The van der Waals surface area contributed by atoms with Gasteiger partial charge in [0.2, 0.25) is 0 Å². The molecule has 5 nitrogen and oxygen atoms in total. The number of hydrogen-bond donors (Lipinski definition) is 1. The SMILES string of the molecule is CCCCC(C)(CCCC)ON(OCC)C(=O)O. The zero-order chi connectivity index (χ0) is 14.0. The normalized spacial score (nSPS) is 11.6. The fourth-order valence-corrected chi connectivity index (χ4v) is 1.76. The Morgan fingerprint density at radius 1 is 1.17 bits per heavy atom. The minimum Gasteiger partial charge on any atom is -0.462 e. The summed E-state index contributed by atoms with van der Waals surface area (Å²) in [5.41, 5.74) is -0.473.